The van der Waals surface area contributed by atoms with Crippen LogP contribution in [0.1, 0.15) is 35.7 Å². The second-order valence-corrected chi connectivity index (χ2v) is 5.43. The molecule has 0 saturated heterocycles. The lowest BCUT2D eigenvalue weighted by atomic mass is 10.1. The molecule has 0 radical (unpaired) electrons. The van der Waals surface area contributed by atoms with Gasteiger partial charge in [0, 0.05) is 6.54 Å². The van der Waals surface area contributed by atoms with Crippen molar-refractivity contribution in [2.24, 2.45) is 0 Å². The van der Waals surface area contributed by atoms with E-state index in [9.17, 15) is 0 Å². The van der Waals surface area contributed by atoms with Crippen molar-refractivity contribution in [1.29, 1.82) is 0 Å². The van der Waals surface area contributed by atoms with Crippen molar-refractivity contribution in [1.82, 2.24) is 4.98 Å². The summed E-state index contributed by atoms with van der Waals surface area (Å²) in [5.74, 6) is 1.86. The lowest BCUT2D eigenvalue weighted by molar-refractivity contribution is 0.299. The van der Waals surface area contributed by atoms with Gasteiger partial charge in [0.25, 0.3) is 0 Å². The summed E-state index contributed by atoms with van der Waals surface area (Å²) >= 11 is 0. The number of ether oxygens (including phenoxy) is 1. The number of nitrogens with zero attached hydrogens (tertiary/aromatic N) is 1. The van der Waals surface area contributed by atoms with Gasteiger partial charge in [-0.05, 0) is 62.1 Å². The molecule has 1 aromatic heterocycles. The topological polar surface area (TPSA) is 34.1 Å². The first-order valence-corrected chi connectivity index (χ1v) is 7.50. The second-order valence-electron chi connectivity index (χ2n) is 5.43. The van der Waals surface area contributed by atoms with E-state index in [0.29, 0.717) is 6.61 Å². The Hall–Kier alpha value is -2.03. The summed E-state index contributed by atoms with van der Waals surface area (Å²) in [5, 5.41) is 3.30. The number of hydrogen-bond acceptors (Lipinski definition) is 3. The molecule has 3 nitrogen and oxygen atoms in total. The average Bonchev–Trinajstić information content (AvgIpc) is 2.47. The van der Waals surface area contributed by atoms with Crippen molar-refractivity contribution in [2.75, 3.05) is 11.9 Å². The van der Waals surface area contributed by atoms with E-state index in [1.807, 2.05) is 18.2 Å². The highest BCUT2D eigenvalue weighted by Crippen LogP contribution is 2.24. The van der Waals surface area contributed by atoms with Gasteiger partial charge in [0.15, 0.2) is 0 Å². The van der Waals surface area contributed by atoms with Crippen LogP contribution in [-0.4, -0.2) is 11.5 Å². The largest absolute Gasteiger partial charge is 0.487 e. The molecule has 0 fully saturated rings. The van der Waals surface area contributed by atoms with E-state index >= 15 is 0 Å². The normalized spacial score (nSPS) is 10.5. The summed E-state index contributed by atoms with van der Waals surface area (Å²) in [7, 11) is 0. The van der Waals surface area contributed by atoms with Crippen LogP contribution in [0.3, 0.4) is 0 Å². The zero-order valence-electron chi connectivity index (χ0n) is 13.4. The van der Waals surface area contributed by atoms with Gasteiger partial charge in [-0.3, -0.25) is 0 Å². The minimum absolute atomic E-state index is 0.491. The van der Waals surface area contributed by atoms with E-state index < -0.39 is 0 Å². The summed E-state index contributed by atoms with van der Waals surface area (Å²) in [6, 6.07) is 10.3. The highest BCUT2D eigenvalue weighted by Gasteiger charge is 2.05. The van der Waals surface area contributed by atoms with Gasteiger partial charge in [0.1, 0.15) is 18.2 Å². The zero-order chi connectivity index (χ0) is 15.2. The monoisotopic (exact) mass is 284 g/mol. The fourth-order valence-corrected chi connectivity index (χ4v) is 2.21. The van der Waals surface area contributed by atoms with Gasteiger partial charge in [-0.15, -0.1) is 0 Å². The molecule has 0 unspecified atom stereocenters. The third kappa shape index (κ3) is 4.22. The maximum atomic E-state index is 5.95. The van der Waals surface area contributed by atoms with Gasteiger partial charge in [-0.1, -0.05) is 19.1 Å². The zero-order valence-corrected chi connectivity index (χ0v) is 13.4. The summed E-state index contributed by atoms with van der Waals surface area (Å²) in [4.78, 5) is 4.56. The summed E-state index contributed by atoms with van der Waals surface area (Å²) in [5.41, 5.74) is 4.62. The lowest BCUT2D eigenvalue weighted by Gasteiger charge is -2.12. The van der Waals surface area contributed by atoms with Gasteiger partial charge in [0.2, 0.25) is 0 Å². The molecule has 21 heavy (non-hydrogen) atoms. The van der Waals surface area contributed by atoms with Crippen LogP contribution in [0, 0.1) is 20.8 Å². The Kier molecular flexibility index (Phi) is 5.20. The van der Waals surface area contributed by atoms with Gasteiger partial charge < -0.3 is 10.1 Å². The first kappa shape index (κ1) is 15.4. The lowest BCUT2D eigenvalue weighted by Crippen LogP contribution is -2.05. The van der Waals surface area contributed by atoms with E-state index in [2.05, 4.69) is 50.1 Å². The van der Waals surface area contributed by atoms with Crippen LogP contribution in [0.25, 0.3) is 0 Å². The number of hydrogen-bond donors (Lipinski definition) is 1. The van der Waals surface area contributed by atoms with Gasteiger partial charge in [-0.25, -0.2) is 4.98 Å². The predicted molar refractivity (Wildman–Crippen MR) is 88.0 cm³/mol. The first-order valence-electron chi connectivity index (χ1n) is 7.50. The van der Waals surface area contributed by atoms with Crippen molar-refractivity contribution in [3.8, 4) is 5.75 Å². The average molecular weight is 284 g/mol. The smallest absolute Gasteiger partial charge is 0.130 e. The standard InChI is InChI=1S/C18H24N2O/c1-5-9-19-18-8-6-7-16(20-18)12-21-17-11-13(2)10-14(3)15(17)4/h6-8,10-11H,5,9,12H2,1-4H3,(H,19,20). The van der Waals surface area contributed by atoms with Crippen molar-refractivity contribution in [2.45, 2.75) is 40.7 Å². The Labute approximate surface area is 127 Å². The molecular formula is C18H24N2O. The van der Waals surface area contributed by atoms with Crippen LogP contribution in [-0.2, 0) is 6.61 Å². The van der Waals surface area contributed by atoms with Crippen molar-refractivity contribution in [3.05, 3.63) is 52.7 Å². The third-order valence-electron chi connectivity index (χ3n) is 3.50. The van der Waals surface area contributed by atoms with Crippen LogP contribution in [0.15, 0.2) is 30.3 Å². The van der Waals surface area contributed by atoms with E-state index in [4.69, 9.17) is 4.74 Å². The Balaban J connectivity index is 2.06. The van der Waals surface area contributed by atoms with Gasteiger partial charge in [0.05, 0.1) is 5.69 Å². The molecule has 1 N–H and O–H groups in total. The van der Waals surface area contributed by atoms with Crippen LogP contribution >= 0.6 is 0 Å². The number of rotatable bonds is 6. The van der Waals surface area contributed by atoms with Crippen LogP contribution in [0.2, 0.25) is 0 Å². The highest BCUT2D eigenvalue weighted by atomic mass is 16.5. The molecule has 2 aromatic rings. The molecule has 1 heterocycles. The minimum Gasteiger partial charge on any atom is -0.487 e. The number of pyridine rings is 1. The third-order valence-corrected chi connectivity index (χ3v) is 3.50. The molecule has 112 valence electrons. The molecule has 2 rings (SSSR count). The van der Waals surface area contributed by atoms with E-state index in [1.165, 1.54) is 16.7 Å². The number of benzene rings is 1. The number of anilines is 1. The molecule has 0 amide bonds. The molecule has 0 saturated carbocycles. The van der Waals surface area contributed by atoms with Crippen LogP contribution < -0.4 is 10.1 Å². The SMILES string of the molecule is CCCNc1cccc(COc2cc(C)cc(C)c2C)n1. The van der Waals surface area contributed by atoms with Crippen molar-refractivity contribution in [3.63, 3.8) is 0 Å². The van der Waals surface area contributed by atoms with E-state index in [0.717, 1.165) is 30.2 Å². The minimum atomic E-state index is 0.491. The maximum absolute atomic E-state index is 5.95. The molecule has 0 bridgehead atoms. The summed E-state index contributed by atoms with van der Waals surface area (Å²) in [6.45, 7) is 9.87. The fraction of sp³-hybridized carbons (Fsp3) is 0.389. The van der Waals surface area contributed by atoms with E-state index in [1.54, 1.807) is 0 Å². The summed E-state index contributed by atoms with van der Waals surface area (Å²) < 4.78 is 5.95. The Morgan fingerprint density at radius 1 is 1.14 bits per heavy atom. The molecule has 0 spiro atoms. The van der Waals surface area contributed by atoms with E-state index in [-0.39, 0.29) is 0 Å². The van der Waals surface area contributed by atoms with Crippen LogP contribution in [0.4, 0.5) is 5.82 Å². The Bertz CT molecular complexity index is 608. The molecule has 0 aliphatic rings. The number of nitrogens with one attached hydrogen (secondary N) is 1. The molecular weight excluding hydrogens is 260 g/mol. The van der Waals surface area contributed by atoms with Crippen LogP contribution in [0.5, 0.6) is 5.75 Å². The summed E-state index contributed by atoms with van der Waals surface area (Å²) in [6.07, 6.45) is 1.09. The fourth-order valence-electron chi connectivity index (χ4n) is 2.21. The Morgan fingerprint density at radius 3 is 2.71 bits per heavy atom. The second kappa shape index (κ2) is 7.11. The number of aryl methyl sites for hydroxylation is 2. The molecule has 1 aromatic carbocycles. The number of aromatic nitrogens is 1. The Morgan fingerprint density at radius 2 is 1.95 bits per heavy atom. The quantitative estimate of drug-likeness (QED) is 0.853. The van der Waals surface area contributed by atoms with Gasteiger partial charge >= 0.3 is 0 Å². The highest BCUT2D eigenvalue weighted by molar-refractivity contribution is 5.42. The predicted octanol–water partition coefficient (Wildman–Crippen LogP) is 4.41. The maximum Gasteiger partial charge on any atom is 0.130 e. The molecule has 3 heteroatoms. The molecule has 0 aliphatic heterocycles. The van der Waals surface area contributed by atoms with Crippen molar-refractivity contribution >= 4 is 5.82 Å². The van der Waals surface area contributed by atoms with Crippen molar-refractivity contribution < 1.29 is 4.74 Å². The van der Waals surface area contributed by atoms with Gasteiger partial charge in [-0.2, -0.15) is 0 Å². The molecule has 0 atom stereocenters. The first-order chi connectivity index (χ1) is 10.1. The molecule has 0 aliphatic carbocycles.